The van der Waals surface area contributed by atoms with Crippen molar-refractivity contribution in [1.29, 1.82) is 0 Å². The van der Waals surface area contributed by atoms with Gasteiger partial charge in [0.1, 0.15) is 0 Å². The number of rotatable bonds is 5. The Bertz CT molecular complexity index is 782. The average molecular weight is 405 g/mol. The number of piperidine rings is 1. The Morgan fingerprint density at radius 3 is 2.67 bits per heavy atom. The molecule has 0 aromatic carbocycles. The summed E-state index contributed by atoms with van der Waals surface area (Å²) < 4.78 is 0.617. The summed E-state index contributed by atoms with van der Waals surface area (Å²) in [5, 5.41) is 3.01. The zero-order chi connectivity index (χ0) is 18.6. The van der Waals surface area contributed by atoms with Crippen LogP contribution in [0.1, 0.15) is 35.4 Å². The number of carbonyl (C=O) groups is 1. The molecule has 0 aliphatic carbocycles. The van der Waals surface area contributed by atoms with Gasteiger partial charge in [-0.05, 0) is 69.0 Å². The first-order chi connectivity index (χ1) is 13.2. The number of anilines is 2. The van der Waals surface area contributed by atoms with Crippen molar-refractivity contribution in [3.8, 4) is 0 Å². The summed E-state index contributed by atoms with van der Waals surface area (Å²) in [6, 6.07) is 7.28. The molecule has 7 heteroatoms. The molecule has 144 valence electrons. The smallest absolute Gasteiger partial charge is 0.265 e. The van der Waals surface area contributed by atoms with Crippen LogP contribution in [-0.2, 0) is 0 Å². The fourth-order valence-corrected chi connectivity index (χ4v) is 4.96. The van der Waals surface area contributed by atoms with Gasteiger partial charge in [0.05, 0.1) is 14.9 Å². The van der Waals surface area contributed by atoms with Gasteiger partial charge in [0, 0.05) is 25.8 Å². The van der Waals surface area contributed by atoms with Crippen LogP contribution in [0.5, 0.6) is 0 Å². The van der Waals surface area contributed by atoms with Gasteiger partial charge in [-0.1, -0.05) is 11.6 Å². The molecule has 2 aliphatic heterocycles. The predicted molar refractivity (Wildman–Crippen MR) is 112 cm³/mol. The highest BCUT2D eigenvalue weighted by atomic mass is 35.5. The molecule has 0 radical (unpaired) electrons. The molecule has 0 atom stereocenters. The monoisotopic (exact) mass is 404 g/mol. The molecule has 27 heavy (non-hydrogen) atoms. The van der Waals surface area contributed by atoms with E-state index in [0.29, 0.717) is 9.21 Å². The number of hydrogen-bond acceptors (Lipinski definition) is 5. The minimum atomic E-state index is -0.134. The summed E-state index contributed by atoms with van der Waals surface area (Å²) in [7, 11) is 0. The maximum absolute atomic E-state index is 12.5. The van der Waals surface area contributed by atoms with Crippen LogP contribution in [0.2, 0.25) is 4.34 Å². The zero-order valence-corrected chi connectivity index (χ0v) is 16.9. The summed E-state index contributed by atoms with van der Waals surface area (Å²) in [6.45, 7) is 5.75. The molecule has 2 aromatic heterocycles. The van der Waals surface area contributed by atoms with Crippen LogP contribution in [0.25, 0.3) is 0 Å². The normalized spacial score (nSPS) is 18.8. The van der Waals surface area contributed by atoms with Crippen LogP contribution in [0.15, 0.2) is 30.5 Å². The molecule has 2 aromatic rings. The van der Waals surface area contributed by atoms with Gasteiger partial charge in [-0.3, -0.25) is 4.79 Å². The molecule has 5 nitrogen and oxygen atoms in total. The second-order valence-corrected chi connectivity index (χ2v) is 9.09. The Hall–Kier alpha value is -1.63. The molecule has 0 bridgehead atoms. The molecular formula is C20H25ClN4OS. The Kier molecular flexibility index (Phi) is 5.95. The SMILES string of the molecule is O=C(Nc1cccnc1N1CCC(CN2CCCC2)CC1)c1ccc(Cl)s1. The molecule has 2 fully saturated rings. The van der Waals surface area contributed by atoms with Gasteiger partial charge in [0.15, 0.2) is 5.82 Å². The lowest BCUT2D eigenvalue weighted by Crippen LogP contribution is -2.38. The zero-order valence-electron chi connectivity index (χ0n) is 15.4. The number of likely N-dealkylation sites (tertiary alicyclic amines) is 1. The first-order valence-corrected chi connectivity index (χ1v) is 10.9. The molecule has 0 saturated carbocycles. The Labute approximate surface area is 169 Å². The maximum atomic E-state index is 12.5. The highest BCUT2D eigenvalue weighted by molar-refractivity contribution is 7.18. The van der Waals surface area contributed by atoms with Crippen molar-refractivity contribution in [3.05, 3.63) is 39.7 Å². The Morgan fingerprint density at radius 2 is 1.96 bits per heavy atom. The van der Waals surface area contributed by atoms with E-state index in [4.69, 9.17) is 11.6 Å². The van der Waals surface area contributed by atoms with Crippen LogP contribution < -0.4 is 10.2 Å². The van der Waals surface area contributed by atoms with Crippen molar-refractivity contribution < 1.29 is 4.79 Å². The van der Waals surface area contributed by atoms with Gasteiger partial charge < -0.3 is 15.1 Å². The molecule has 2 saturated heterocycles. The van der Waals surface area contributed by atoms with Crippen molar-refractivity contribution in [3.63, 3.8) is 0 Å². The van der Waals surface area contributed by atoms with Crippen LogP contribution in [-0.4, -0.2) is 48.5 Å². The summed E-state index contributed by atoms with van der Waals surface area (Å²) in [5.41, 5.74) is 0.769. The van der Waals surface area contributed by atoms with Crippen molar-refractivity contribution >= 4 is 40.4 Å². The molecule has 2 aliphatic rings. The number of hydrogen-bond donors (Lipinski definition) is 1. The van der Waals surface area contributed by atoms with Crippen molar-refractivity contribution in [2.24, 2.45) is 5.92 Å². The van der Waals surface area contributed by atoms with Crippen LogP contribution in [0.4, 0.5) is 11.5 Å². The average Bonchev–Trinajstić information content (AvgIpc) is 3.35. The number of amides is 1. The highest BCUT2D eigenvalue weighted by Crippen LogP contribution is 2.30. The molecule has 0 spiro atoms. The van der Waals surface area contributed by atoms with E-state index in [0.717, 1.165) is 30.5 Å². The van der Waals surface area contributed by atoms with Gasteiger partial charge in [-0.2, -0.15) is 0 Å². The van der Waals surface area contributed by atoms with Crippen LogP contribution in [0.3, 0.4) is 0 Å². The second-order valence-electron chi connectivity index (χ2n) is 7.37. The summed E-state index contributed by atoms with van der Waals surface area (Å²) in [4.78, 5) is 22.6. The number of aromatic nitrogens is 1. The molecule has 1 amide bonds. The Balaban J connectivity index is 1.38. The first kappa shape index (κ1) is 18.7. The van der Waals surface area contributed by atoms with E-state index in [1.54, 1.807) is 18.3 Å². The molecule has 1 N–H and O–H groups in total. The fourth-order valence-electron chi connectivity index (χ4n) is 4.02. The van der Waals surface area contributed by atoms with Gasteiger partial charge in [0.25, 0.3) is 5.91 Å². The van der Waals surface area contributed by atoms with Crippen LogP contribution >= 0.6 is 22.9 Å². The van der Waals surface area contributed by atoms with Gasteiger partial charge >= 0.3 is 0 Å². The number of nitrogens with zero attached hydrogens (tertiary/aromatic N) is 3. The standard InChI is InChI=1S/C20H25ClN4OS/c21-18-6-5-17(27-18)20(26)23-16-4-3-9-22-19(16)25-12-7-15(8-13-25)14-24-10-1-2-11-24/h3-6,9,15H,1-2,7-8,10-14H2,(H,23,26). The van der Waals surface area contributed by atoms with Gasteiger partial charge in [-0.15, -0.1) is 11.3 Å². The van der Waals surface area contributed by atoms with Crippen molar-refractivity contribution in [1.82, 2.24) is 9.88 Å². The van der Waals surface area contributed by atoms with Crippen LogP contribution in [0, 0.1) is 5.92 Å². The van der Waals surface area contributed by atoms with E-state index in [2.05, 4.69) is 20.1 Å². The van der Waals surface area contributed by atoms with E-state index in [1.165, 1.54) is 56.7 Å². The summed E-state index contributed by atoms with van der Waals surface area (Å²) >= 11 is 7.24. The first-order valence-electron chi connectivity index (χ1n) is 9.68. The molecule has 0 unspecified atom stereocenters. The number of halogens is 1. The minimum Gasteiger partial charge on any atom is -0.355 e. The van der Waals surface area contributed by atoms with Gasteiger partial charge in [-0.25, -0.2) is 4.98 Å². The third kappa shape index (κ3) is 4.62. The summed E-state index contributed by atoms with van der Waals surface area (Å²) in [6.07, 6.45) is 6.86. The number of nitrogens with one attached hydrogen (secondary N) is 1. The second kappa shape index (κ2) is 8.59. The Morgan fingerprint density at radius 1 is 1.19 bits per heavy atom. The van der Waals surface area contributed by atoms with E-state index in [1.807, 2.05) is 12.1 Å². The molecule has 4 heterocycles. The number of pyridine rings is 1. The molecular weight excluding hydrogens is 380 g/mol. The maximum Gasteiger partial charge on any atom is 0.265 e. The van der Waals surface area contributed by atoms with Crippen molar-refractivity contribution in [2.75, 3.05) is 42.9 Å². The third-order valence-electron chi connectivity index (χ3n) is 5.46. The topological polar surface area (TPSA) is 48.5 Å². The van der Waals surface area contributed by atoms with E-state index >= 15 is 0 Å². The minimum absolute atomic E-state index is 0.134. The van der Waals surface area contributed by atoms with E-state index < -0.39 is 0 Å². The van der Waals surface area contributed by atoms with E-state index in [-0.39, 0.29) is 5.91 Å². The quantitative estimate of drug-likeness (QED) is 0.804. The third-order valence-corrected chi connectivity index (χ3v) is 6.69. The van der Waals surface area contributed by atoms with Crippen molar-refractivity contribution in [2.45, 2.75) is 25.7 Å². The number of thiophene rings is 1. The van der Waals surface area contributed by atoms with Gasteiger partial charge in [0.2, 0.25) is 0 Å². The number of carbonyl (C=O) groups excluding carboxylic acids is 1. The van der Waals surface area contributed by atoms with E-state index in [9.17, 15) is 4.79 Å². The lowest BCUT2D eigenvalue weighted by molar-refractivity contribution is 0.103. The summed E-state index contributed by atoms with van der Waals surface area (Å²) in [5.74, 6) is 1.51. The molecule has 4 rings (SSSR count). The lowest BCUT2D eigenvalue weighted by Gasteiger charge is -2.35. The lowest BCUT2D eigenvalue weighted by atomic mass is 9.96. The predicted octanol–water partition coefficient (Wildman–Crippen LogP) is 4.36. The fraction of sp³-hybridized carbons (Fsp3) is 0.500. The highest BCUT2D eigenvalue weighted by Gasteiger charge is 2.25. The largest absolute Gasteiger partial charge is 0.355 e.